The van der Waals surface area contributed by atoms with Crippen molar-refractivity contribution in [2.45, 2.75) is 71.7 Å². The van der Waals surface area contributed by atoms with Crippen molar-refractivity contribution in [3.63, 3.8) is 0 Å². The van der Waals surface area contributed by atoms with Crippen LogP contribution in [0.4, 0.5) is 13.6 Å². The van der Waals surface area contributed by atoms with Crippen molar-refractivity contribution in [2.75, 3.05) is 27.2 Å². The quantitative estimate of drug-likeness (QED) is 0.640. The molecule has 2 fully saturated rings. The van der Waals surface area contributed by atoms with Gasteiger partial charge in [-0.1, -0.05) is 34.6 Å². The number of urea groups is 1. The number of carbonyl (C=O) groups is 3. The van der Waals surface area contributed by atoms with E-state index in [4.69, 9.17) is 4.74 Å². The highest BCUT2D eigenvalue weighted by Crippen LogP contribution is 2.36. The average molecular weight is 509 g/mol. The van der Waals surface area contributed by atoms with Gasteiger partial charge in [-0.05, 0) is 30.4 Å². The standard InChI is InChI=1S/C26H38F2N4O4/c1-8-15(2)23(33)29-22(26(3,4)5)24(34)31-12-11-19-21(31)20(14-32(19)25(35)30(6)7)36-16-9-10-17(27)18(28)13-16/h9-10,13,15,19-22H,8,11-12,14H2,1-7H3,(H,29,33)/t15-,19-,20+,21+,22-/m1/s1. The number of rotatable bonds is 6. The van der Waals surface area contributed by atoms with Gasteiger partial charge in [-0.2, -0.15) is 0 Å². The minimum Gasteiger partial charge on any atom is -0.486 e. The smallest absolute Gasteiger partial charge is 0.319 e. The Balaban J connectivity index is 1.93. The maximum atomic E-state index is 13.9. The monoisotopic (exact) mass is 508 g/mol. The van der Waals surface area contributed by atoms with Gasteiger partial charge in [-0.3, -0.25) is 9.59 Å². The molecular weight excluding hydrogens is 470 g/mol. The molecule has 0 bridgehead atoms. The summed E-state index contributed by atoms with van der Waals surface area (Å²) in [6, 6.07) is 1.48. The van der Waals surface area contributed by atoms with Crippen LogP contribution in [0.2, 0.25) is 0 Å². The summed E-state index contributed by atoms with van der Waals surface area (Å²) in [5.41, 5.74) is -0.563. The molecular formula is C26H38F2N4O4. The molecule has 2 saturated heterocycles. The molecule has 200 valence electrons. The fraction of sp³-hybridized carbons (Fsp3) is 0.654. The van der Waals surface area contributed by atoms with E-state index in [9.17, 15) is 23.2 Å². The first-order chi connectivity index (χ1) is 16.8. The second kappa shape index (κ2) is 10.6. The van der Waals surface area contributed by atoms with Gasteiger partial charge in [-0.25, -0.2) is 13.6 Å². The average Bonchev–Trinajstić information content (AvgIpc) is 3.38. The van der Waals surface area contributed by atoms with E-state index in [1.807, 2.05) is 34.6 Å². The highest BCUT2D eigenvalue weighted by molar-refractivity contribution is 5.89. The third-order valence-corrected chi connectivity index (χ3v) is 7.13. The lowest BCUT2D eigenvalue weighted by atomic mass is 9.85. The largest absolute Gasteiger partial charge is 0.486 e. The van der Waals surface area contributed by atoms with E-state index in [2.05, 4.69) is 5.32 Å². The summed E-state index contributed by atoms with van der Waals surface area (Å²) in [6.07, 6.45) is 0.544. The second-order valence-corrected chi connectivity index (χ2v) is 11.1. The van der Waals surface area contributed by atoms with Crippen LogP contribution in [0.1, 0.15) is 47.5 Å². The predicted octanol–water partition coefficient (Wildman–Crippen LogP) is 3.26. The van der Waals surface area contributed by atoms with E-state index in [1.165, 1.54) is 11.0 Å². The van der Waals surface area contributed by atoms with Crippen molar-refractivity contribution < 1.29 is 27.9 Å². The Kier molecular flexibility index (Phi) is 8.15. The fourth-order valence-corrected chi connectivity index (χ4v) is 4.88. The first-order valence-corrected chi connectivity index (χ1v) is 12.5. The van der Waals surface area contributed by atoms with E-state index in [0.29, 0.717) is 19.4 Å². The van der Waals surface area contributed by atoms with Crippen LogP contribution < -0.4 is 10.1 Å². The first kappa shape index (κ1) is 27.7. The van der Waals surface area contributed by atoms with Crippen LogP contribution in [0, 0.1) is 23.0 Å². The molecule has 0 spiro atoms. The molecule has 2 aliphatic rings. The van der Waals surface area contributed by atoms with E-state index >= 15 is 0 Å². The van der Waals surface area contributed by atoms with Gasteiger partial charge in [0.15, 0.2) is 11.6 Å². The summed E-state index contributed by atoms with van der Waals surface area (Å²) in [6.45, 7) is 9.99. The third-order valence-electron chi connectivity index (χ3n) is 7.13. The van der Waals surface area contributed by atoms with Gasteiger partial charge < -0.3 is 24.8 Å². The molecule has 3 rings (SSSR count). The Morgan fingerprint density at radius 3 is 2.39 bits per heavy atom. The highest BCUT2D eigenvalue weighted by atomic mass is 19.2. The SMILES string of the molecule is CC[C@@H](C)C(=O)N[C@H](C(=O)N1CC[C@@H]2[C@H]1[C@@H](Oc1ccc(F)c(F)c1)CN2C(=O)N(C)C)C(C)(C)C. The predicted molar refractivity (Wildman–Crippen MR) is 131 cm³/mol. The Hall–Kier alpha value is -2.91. The van der Waals surface area contributed by atoms with Gasteiger partial charge in [0.25, 0.3) is 0 Å². The molecule has 0 aromatic heterocycles. The number of benzene rings is 1. The van der Waals surface area contributed by atoms with Crippen molar-refractivity contribution in [3.05, 3.63) is 29.8 Å². The highest BCUT2D eigenvalue weighted by Gasteiger charge is 2.55. The third kappa shape index (κ3) is 5.57. The lowest BCUT2D eigenvalue weighted by Crippen LogP contribution is -2.58. The summed E-state index contributed by atoms with van der Waals surface area (Å²) < 4.78 is 33.4. The molecule has 1 N–H and O–H groups in total. The Morgan fingerprint density at radius 1 is 1.17 bits per heavy atom. The van der Waals surface area contributed by atoms with E-state index in [-0.39, 0.29) is 42.1 Å². The minimum atomic E-state index is -1.04. The molecule has 2 aliphatic heterocycles. The Morgan fingerprint density at radius 2 is 1.83 bits per heavy atom. The summed E-state index contributed by atoms with van der Waals surface area (Å²) in [7, 11) is 3.30. The molecule has 5 atom stereocenters. The second-order valence-electron chi connectivity index (χ2n) is 11.1. The maximum Gasteiger partial charge on any atom is 0.319 e. The van der Waals surface area contributed by atoms with Crippen LogP contribution in [-0.2, 0) is 9.59 Å². The Labute approximate surface area is 211 Å². The van der Waals surface area contributed by atoms with Crippen LogP contribution in [0.5, 0.6) is 5.75 Å². The van der Waals surface area contributed by atoms with Crippen LogP contribution in [0.3, 0.4) is 0 Å². The van der Waals surface area contributed by atoms with Gasteiger partial charge >= 0.3 is 6.03 Å². The van der Waals surface area contributed by atoms with E-state index < -0.39 is 35.2 Å². The number of fused-ring (bicyclic) bond motifs is 1. The zero-order valence-corrected chi connectivity index (χ0v) is 22.2. The molecule has 10 heteroatoms. The summed E-state index contributed by atoms with van der Waals surface area (Å²) >= 11 is 0. The normalized spacial score (nSPS) is 23.2. The number of amides is 4. The molecule has 2 heterocycles. The van der Waals surface area contributed by atoms with E-state index in [1.54, 1.807) is 23.9 Å². The molecule has 0 aliphatic carbocycles. The fourth-order valence-electron chi connectivity index (χ4n) is 4.88. The molecule has 0 radical (unpaired) electrons. The van der Waals surface area contributed by atoms with Crippen molar-refractivity contribution in [3.8, 4) is 5.75 Å². The van der Waals surface area contributed by atoms with Crippen LogP contribution in [-0.4, -0.2) is 84.0 Å². The topological polar surface area (TPSA) is 82.2 Å². The van der Waals surface area contributed by atoms with Crippen molar-refractivity contribution in [1.29, 1.82) is 0 Å². The molecule has 1 aromatic carbocycles. The van der Waals surface area contributed by atoms with Gasteiger partial charge in [0.1, 0.15) is 17.9 Å². The molecule has 0 unspecified atom stereocenters. The zero-order chi connectivity index (χ0) is 26.9. The van der Waals surface area contributed by atoms with Gasteiger partial charge in [0, 0.05) is 32.6 Å². The number of carbonyl (C=O) groups excluding carboxylic acids is 3. The summed E-state index contributed by atoms with van der Waals surface area (Å²) in [4.78, 5) is 44.4. The molecule has 0 saturated carbocycles. The number of hydrogen-bond donors (Lipinski definition) is 1. The first-order valence-electron chi connectivity index (χ1n) is 12.5. The Bertz CT molecular complexity index is 997. The van der Waals surface area contributed by atoms with Crippen LogP contribution in [0.15, 0.2) is 18.2 Å². The lowest BCUT2D eigenvalue weighted by molar-refractivity contribution is -0.142. The summed E-state index contributed by atoms with van der Waals surface area (Å²) in [5, 5.41) is 2.94. The minimum absolute atomic E-state index is 0.119. The van der Waals surface area contributed by atoms with Crippen LogP contribution >= 0.6 is 0 Å². The van der Waals surface area contributed by atoms with E-state index in [0.717, 1.165) is 12.1 Å². The van der Waals surface area contributed by atoms with Crippen molar-refractivity contribution >= 4 is 17.8 Å². The number of likely N-dealkylation sites (tertiary alicyclic amines) is 2. The lowest BCUT2D eigenvalue weighted by Gasteiger charge is -2.37. The number of ether oxygens (including phenoxy) is 1. The van der Waals surface area contributed by atoms with Gasteiger partial charge in [0.05, 0.1) is 18.6 Å². The number of hydrogen-bond acceptors (Lipinski definition) is 4. The van der Waals surface area contributed by atoms with Crippen molar-refractivity contribution in [2.24, 2.45) is 11.3 Å². The van der Waals surface area contributed by atoms with Crippen molar-refractivity contribution in [1.82, 2.24) is 20.0 Å². The van der Waals surface area contributed by atoms with Gasteiger partial charge in [-0.15, -0.1) is 0 Å². The maximum absolute atomic E-state index is 13.9. The number of nitrogens with zero attached hydrogens (tertiary/aromatic N) is 3. The molecule has 8 nitrogen and oxygen atoms in total. The zero-order valence-electron chi connectivity index (χ0n) is 22.2. The van der Waals surface area contributed by atoms with Crippen LogP contribution in [0.25, 0.3) is 0 Å². The molecule has 4 amide bonds. The number of halogens is 2. The van der Waals surface area contributed by atoms with Gasteiger partial charge in [0.2, 0.25) is 11.8 Å². The number of nitrogens with one attached hydrogen (secondary N) is 1. The molecule has 1 aromatic rings. The summed E-state index contributed by atoms with van der Waals surface area (Å²) in [5.74, 6) is -2.58. The molecule has 36 heavy (non-hydrogen) atoms.